The quantitative estimate of drug-likeness (QED) is 0.546. The van der Waals surface area contributed by atoms with E-state index in [0.29, 0.717) is 15.3 Å². The zero-order valence-electron chi connectivity index (χ0n) is 14.6. The SMILES string of the molecule is Cc1nc2ccccc2c(C)c1CC(=O)Nc1nc2cc(F)c(F)cc2s1. The summed E-state index contributed by atoms with van der Waals surface area (Å²) in [6.45, 7) is 3.86. The smallest absolute Gasteiger partial charge is 0.230 e. The van der Waals surface area contributed by atoms with E-state index < -0.39 is 11.6 Å². The maximum absolute atomic E-state index is 13.3. The summed E-state index contributed by atoms with van der Waals surface area (Å²) >= 11 is 1.10. The number of hydrogen-bond donors (Lipinski definition) is 1. The fourth-order valence-corrected chi connectivity index (χ4v) is 4.02. The highest BCUT2D eigenvalue weighted by atomic mass is 32.1. The fourth-order valence-electron chi connectivity index (χ4n) is 3.13. The fraction of sp³-hybridized carbons (Fsp3) is 0.150. The molecule has 4 rings (SSSR count). The van der Waals surface area contributed by atoms with Crippen LogP contribution in [0.15, 0.2) is 36.4 Å². The van der Waals surface area contributed by atoms with Crippen LogP contribution in [-0.4, -0.2) is 15.9 Å². The van der Waals surface area contributed by atoms with Gasteiger partial charge in [-0.15, -0.1) is 0 Å². The molecule has 4 aromatic rings. The molecule has 0 bridgehead atoms. The molecule has 4 nitrogen and oxygen atoms in total. The Morgan fingerprint density at radius 1 is 1.07 bits per heavy atom. The van der Waals surface area contributed by atoms with Crippen LogP contribution in [0.1, 0.15) is 16.8 Å². The average Bonchev–Trinajstić information content (AvgIpc) is 3.00. The van der Waals surface area contributed by atoms with E-state index in [1.165, 1.54) is 0 Å². The van der Waals surface area contributed by atoms with Crippen LogP contribution in [0.5, 0.6) is 0 Å². The number of benzene rings is 2. The number of aryl methyl sites for hydroxylation is 2. The molecule has 0 aliphatic carbocycles. The minimum atomic E-state index is -0.959. The molecule has 27 heavy (non-hydrogen) atoms. The molecule has 1 N–H and O–H groups in total. The molecule has 0 unspecified atom stereocenters. The molecule has 0 atom stereocenters. The Hall–Kier alpha value is -2.93. The van der Waals surface area contributed by atoms with Gasteiger partial charge in [-0.25, -0.2) is 13.8 Å². The Bertz CT molecular complexity index is 1160. The number of hydrogen-bond acceptors (Lipinski definition) is 4. The number of nitrogens with one attached hydrogen (secondary N) is 1. The molecule has 0 saturated heterocycles. The molecule has 136 valence electrons. The van der Waals surface area contributed by atoms with Crippen LogP contribution in [0.3, 0.4) is 0 Å². The molecule has 0 fully saturated rings. The highest BCUT2D eigenvalue weighted by Gasteiger charge is 2.15. The number of rotatable bonds is 3. The number of carbonyl (C=O) groups excluding carboxylic acids is 1. The first-order chi connectivity index (χ1) is 12.9. The van der Waals surface area contributed by atoms with E-state index in [1.54, 1.807) is 0 Å². The molecule has 0 aliphatic heterocycles. The van der Waals surface area contributed by atoms with Crippen molar-refractivity contribution in [1.82, 2.24) is 9.97 Å². The lowest BCUT2D eigenvalue weighted by molar-refractivity contribution is -0.115. The summed E-state index contributed by atoms with van der Waals surface area (Å²) in [6, 6.07) is 9.90. The van der Waals surface area contributed by atoms with Gasteiger partial charge >= 0.3 is 0 Å². The first-order valence-electron chi connectivity index (χ1n) is 8.32. The van der Waals surface area contributed by atoms with Gasteiger partial charge in [0, 0.05) is 17.1 Å². The van der Waals surface area contributed by atoms with Crippen molar-refractivity contribution < 1.29 is 13.6 Å². The summed E-state index contributed by atoms with van der Waals surface area (Å²) in [5.74, 6) is -2.14. The van der Waals surface area contributed by atoms with Gasteiger partial charge in [-0.1, -0.05) is 29.5 Å². The Kier molecular flexibility index (Phi) is 4.31. The van der Waals surface area contributed by atoms with Gasteiger partial charge in [0.15, 0.2) is 16.8 Å². The molecule has 7 heteroatoms. The van der Waals surface area contributed by atoms with Gasteiger partial charge in [0.2, 0.25) is 5.91 Å². The van der Waals surface area contributed by atoms with Gasteiger partial charge in [0.25, 0.3) is 0 Å². The van der Waals surface area contributed by atoms with Crippen LogP contribution >= 0.6 is 11.3 Å². The minimum Gasteiger partial charge on any atom is -0.302 e. The molecule has 0 radical (unpaired) electrons. The van der Waals surface area contributed by atoms with Gasteiger partial charge in [0.1, 0.15) is 0 Å². The van der Waals surface area contributed by atoms with E-state index in [4.69, 9.17) is 0 Å². The summed E-state index contributed by atoms with van der Waals surface area (Å²) in [4.78, 5) is 21.2. The van der Waals surface area contributed by atoms with Crippen molar-refractivity contribution >= 4 is 43.5 Å². The second-order valence-electron chi connectivity index (χ2n) is 6.30. The molecular weight excluding hydrogens is 368 g/mol. The molecule has 2 aromatic heterocycles. The van der Waals surface area contributed by atoms with E-state index in [1.807, 2.05) is 38.1 Å². The first kappa shape index (κ1) is 17.5. The monoisotopic (exact) mass is 383 g/mol. The average molecular weight is 383 g/mol. The van der Waals surface area contributed by atoms with Crippen molar-refractivity contribution in [2.45, 2.75) is 20.3 Å². The highest BCUT2D eigenvalue weighted by Crippen LogP contribution is 2.28. The van der Waals surface area contributed by atoms with Crippen molar-refractivity contribution in [2.24, 2.45) is 0 Å². The number of thiazole rings is 1. The summed E-state index contributed by atoms with van der Waals surface area (Å²) in [7, 11) is 0. The molecule has 1 amide bonds. The van der Waals surface area contributed by atoms with E-state index in [-0.39, 0.29) is 12.3 Å². The van der Waals surface area contributed by atoms with Crippen LogP contribution in [0.2, 0.25) is 0 Å². The number of para-hydroxylation sites is 1. The Balaban J connectivity index is 1.60. The molecule has 0 saturated carbocycles. The largest absolute Gasteiger partial charge is 0.302 e. The van der Waals surface area contributed by atoms with Crippen molar-refractivity contribution in [3.63, 3.8) is 0 Å². The number of pyridine rings is 1. The van der Waals surface area contributed by atoms with Crippen LogP contribution in [0.4, 0.5) is 13.9 Å². The zero-order chi connectivity index (χ0) is 19.1. The highest BCUT2D eigenvalue weighted by molar-refractivity contribution is 7.22. The lowest BCUT2D eigenvalue weighted by Crippen LogP contribution is -2.16. The Morgan fingerprint density at radius 3 is 2.63 bits per heavy atom. The number of nitrogens with zero attached hydrogens (tertiary/aromatic N) is 2. The van der Waals surface area contributed by atoms with Crippen LogP contribution < -0.4 is 5.32 Å². The number of fused-ring (bicyclic) bond motifs is 2. The Labute approximate surface area is 157 Å². The normalized spacial score (nSPS) is 11.3. The van der Waals surface area contributed by atoms with E-state index in [9.17, 15) is 13.6 Å². The Morgan fingerprint density at radius 2 is 1.81 bits per heavy atom. The first-order valence-corrected chi connectivity index (χ1v) is 9.14. The predicted molar refractivity (Wildman–Crippen MR) is 103 cm³/mol. The summed E-state index contributed by atoms with van der Waals surface area (Å²) in [6.07, 6.45) is 0.147. The van der Waals surface area contributed by atoms with Gasteiger partial charge in [-0.3, -0.25) is 9.78 Å². The van der Waals surface area contributed by atoms with E-state index in [0.717, 1.165) is 51.2 Å². The molecule has 2 heterocycles. The molecular formula is C20H15F2N3OS. The number of aromatic nitrogens is 2. The maximum Gasteiger partial charge on any atom is 0.230 e. The predicted octanol–water partition coefficient (Wildman–Crippen LogP) is 4.92. The van der Waals surface area contributed by atoms with Crippen LogP contribution in [0, 0.1) is 25.5 Å². The van der Waals surface area contributed by atoms with Gasteiger partial charge in [-0.2, -0.15) is 0 Å². The standard InChI is InChI=1S/C20H15F2N3OS/c1-10-12-5-3-4-6-16(12)23-11(2)13(10)7-19(26)25-20-24-17-8-14(21)15(22)9-18(17)27-20/h3-6,8-9H,7H2,1-2H3,(H,24,25,26). The number of amides is 1. The number of anilines is 1. The lowest BCUT2D eigenvalue weighted by Gasteiger charge is -2.12. The summed E-state index contributed by atoms with van der Waals surface area (Å²) < 4.78 is 27.1. The number of carbonyl (C=O) groups is 1. The summed E-state index contributed by atoms with van der Waals surface area (Å²) in [5.41, 5.74) is 3.89. The van der Waals surface area contributed by atoms with Crippen LogP contribution in [0.25, 0.3) is 21.1 Å². The van der Waals surface area contributed by atoms with E-state index in [2.05, 4.69) is 15.3 Å². The third-order valence-corrected chi connectivity index (χ3v) is 5.43. The molecule has 0 spiro atoms. The van der Waals surface area contributed by atoms with Gasteiger partial charge < -0.3 is 5.32 Å². The zero-order valence-corrected chi connectivity index (χ0v) is 15.5. The third kappa shape index (κ3) is 3.26. The van der Waals surface area contributed by atoms with E-state index >= 15 is 0 Å². The third-order valence-electron chi connectivity index (χ3n) is 4.50. The second kappa shape index (κ2) is 6.66. The lowest BCUT2D eigenvalue weighted by atomic mass is 9.99. The summed E-state index contributed by atoms with van der Waals surface area (Å²) in [5, 5.41) is 4.04. The maximum atomic E-state index is 13.3. The topological polar surface area (TPSA) is 54.9 Å². The van der Waals surface area contributed by atoms with Crippen molar-refractivity contribution in [3.05, 3.63) is 64.9 Å². The van der Waals surface area contributed by atoms with Gasteiger partial charge in [0.05, 0.1) is 22.2 Å². The van der Waals surface area contributed by atoms with Crippen molar-refractivity contribution in [3.8, 4) is 0 Å². The minimum absolute atomic E-state index is 0.147. The molecule has 2 aromatic carbocycles. The van der Waals surface area contributed by atoms with Gasteiger partial charge in [-0.05, 0) is 37.1 Å². The van der Waals surface area contributed by atoms with Crippen LogP contribution in [-0.2, 0) is 11.2 Å². The van der Waals surface area contributed by atoms with Crippen molar-refractivity contribution in [1.29, 1.82) is 0 Å². The van der Waals surface area contributed by atoms with Crippen molar-refractivity contribution in [2.75, 3.05) is 5.32 Å². The number of halogens is 2. The molecule has 0 aliphatic rings. The second-order valence-corrected chi connectivity index (χ2v) is 7.33.